The van der Waals surface area contributed by atoms with Gasteiger partial charge in [0.25, 0.3) is 0 Å². The standard InChI is InChI=1S/C6H9NO3/c1-5(8)7-3-2-4-10-6(7)9/h2-4H2,1H3. The van der Waals surface area contributed by atoms with Crippen LogP contribution in [-0.2, 0) is 9.53 Å². The van der Waals surface area contributed by atoms with Crippen LogP contribution < -0.4 is 0 Å². The van der Waals surface area contributed by atoms with Gasteiger partial charge in [0.2, 0.25) is 5.91 Å². The monoisotopic (exact) mass is 143 g/mol. The molecule has 0 aromatic rings. The van der Waals surface area contributed by atoms with Gasteiger partial charge in [0.05, 0.1) is 6.61 Å². The van der Waals surface area contributed by atoms with E-state index in [1.54, 1.807) is 0 Å². The first-order chi connectivity index (χ1) is 4.72. The lowest BCUT2D eigenvalue weighted by Gasteiger charge is -2.22. The third-order valence-electron chi connectivity index (χ3n) is 1.35. The van der Waals surface area contributed by atoms with Crippen molar-refractivity contribution in [3.8, 4) is 0 Å². The maximum Gasteiger partial charge on any atom is 0.416 e. The lowest BCUT2D eigenvalue weighted by molar-refractivity contribution is -0.128. The van der Waals surface area contributed by atoms with Crippen molar-refractivity contribution >= 4 is 12.0 Å². The number of carbonyl (C=O) groups is 2. The molecule has 4 heteroatoms. The second-order valence-corrected chi connectivity index (χ2v) is 2.14. The van der Waals surface area contributed by atoms with Crippen LogP contribution in [0.4, 0.5) is 4.79 Å². The summed E-state index contributed by atoms with van der Waals surface area (Å²) in [6, 6.07) is 0. The van der Waals surface area contributed by atoms with Gasteiger partial charge in [-0.25, -0.2) is 9.69 Å². The van der Waals surface area contributed by atoms with Gasteiger partial charge in [-0.1, -0.05) is 0 Å². The van der Waals surface area contributed by atoms with Gasteiger partial charge in [0.1, 0.15) is 0 Å². The Morgan fingerprint density at radius 2 is 2.40 bits per heavy atom. The molecule has 1 fully saturated rings. The van der Waals surface area contributed by atoms with Crippen molar-refractivity contribution in [1.29, 1.82) is 0 Å². The molecule has 0 atom stereocenters. The first kappa shape index (κ1) is 7.05. The van der Waals surface area contributed by atoms with Gasteiger partial charge >= 0.3 is 6.09 Å². The number of cyclic esters (lactones) is 1. The zero-order valence-corrected chi connectivity index (χ0v) is 5.79. The van der Waals surface area contributed by atoms with E-state index in [4.69, 9.17) is 0 Å². The summed E-state index contributed by atoms with van der Waals surface area (Å²) < 4.78 is 4.62. The van der Waals surface area contributed by atoms with Crippen LogP contribution in [0, 0.1) is 0 Å². The predicted molar refractivity (Wildman–Crippen MR) is 33.4 cm³/mol. The summed E-state index contributed by atoms with van der Waals surface area (Å²) in [6.45, 7) is 2.28. The smallest absolute Gasteiger partial charge is 0.416 e. The highest BCUT2D eigenvalue weighted by Crippen LogP contribution is 2.03. The number of hydrogen-bond acceptors (Lipinski definition) is 3. The topological polar surface area (TPSA) is 46.6 Å². The minimum atomic E-state index is -0.515. The lowest BCUT2D eigenvalue weighted by Crippen LogP contribution is -2.40. The Bertz CT molecular complexity index is 166. The molecule has 1 aliphatic rings. The van der Waals surface area contributed by atoms with E-state index in [9.17, 15) is 9.59 Å². The molecule has 10 heavy (non-hydrogen) atoms. The van der Waals surface area contributed by atoms with Crippen LogP contribution >= 0.6 is 0 Å². The number of ether oxygens (including phenoxy) is 1. The van der Waals surface area contributed by atoms with Gasteiger partial charge in [0.15, 0.2) is 0 Å². The molecule has 0 aromatic heterocycles. The van der Waals surface area contributed by atoms with Crippen molar-refractivity contribution in [3.05, 3.63) is 0 Å². The van der Waals surface area contributed by atoms with Gasteiger partial charge in [0, 0.05) is 13.5 Å². The van der Waals surface area contributed by atoms with Crippen molar-refractivity contribution in [2.45, 2.75) is 13.3 Å². The molecular formula is C6H9NO3. The molecule has 0 unspecified atom stereocenters. The second kappa shape index (κ2) is 2.68. The van der Waals surface area contributed by atoms with Gasteiger partial charge in [-0.2, -0.15) is 0 Å². The molecule has 0 spiro atoms. The van der Waals surface area contributed by atoms with Crippen molar-refractivity contribution in [3.63, 3.8) is 0 Å². The van der Waals surface area contributed by atoms with E-state index in [2.05, 4.69) is 4.74 Å². The Kier molecular flexibility index (Phi) is 1.89. The normalized spacial score (nSPS) is 18.5. The lowest BCUT2D eigenvalue weighted by atomic mass is 10.4. The Morgan fingerprint density at radius 3 is 2.80 bits per heavy atom. The number of nitrogens with zero attached hydrogens (tertiary/aromatic N) is 1. The fourth-order valence-corrected chi connectivity index (χ4v) is 0.837. The summed E-state index contributed by atoms with van der Waals surface area (Å²) in [5.41, 5.74) is 0. The summed E-state index contributed by atoms with van der Waals surface area (Å²) in [7, 11) is 0. The van der Waals surface area contributed by atoms with Crippen LogP contribution in [0.25, 0.3) is 0 Å². The minimum Gasteiger partial charge on any atom is -0.449 e. The fraction of sp³-hybridized carbons (Fsp3) is 0.667. The molecule has 4 nitrogen and oxygen atoms in total. The SMILES string of the molecule is CC(=O)N1CCCOC1=O. The van der Waals surface area contributed by atoms with Crippen molar-refractivity contribution < 1.29 is 14.3 Å². The molecular weight excluding hydrogens is 134 g/mol. The third-order valence-corrected chi connectivity index (χ3v) is 1.35. The molecule has 0 aromatic carbocycles. The van der Waals surface area contributed by atoms with Crippen LogP contribution in [0.15, 0.2) is 0 Å². The first-order valence-corrected chi connectivity index (χ1v) is 3.16. The molecule has 1 heterocycles. The summed E-state index contributed by atoms with van der Waals surface area (Å²) in [5, 5.41) is 0. The number of amides is 2. The van der Waals surface area contributed by atoms with Crippen molar-refractivity contribution in [2.24, 2.45) is 0 Å². The summed E-state index contributed by atoms with van der Waals surface area (Å²) in [6.07, 6.45) is 0.226. The third kappa shape index (κ3) is 1.26. The van der Waals surface area contributed by atoms with Crippen LogP contribution in [0.5, 0.6) is 0 Å². The highest BCUT2D eigenvalue weighted by molar-refractivity contribution is 5.90. The molecule has 56 valence electrons. The number of carbonyl (C=O) groups excluding carboxylic acids is 2. The summed E-state index contributed by atoms with van der Waals surface area (Å²) in [4.78, 5) is 22.5. The van der Waals surface area contributed by atoms with Crippen LogP contribution in [0.2, 0.25) is 0 Å². The second-order valence-electron chi connectivity index (χ2n) is 2.14. The Labute approximate surface area is 58.8 Å². The summed E-state index contributed by atoms with van der Waals surface area (Å²) >= 11 is 0. The first-order valence-electron chi connectivity index (χ1n) is 3.16. The maximum absolute atomic E-state index is 10.7. The maximum atomic E-state index is 10.7. The molecule has 1 saturated heterocycles. The molecule has 0 aliphatic carbocycles. The average molecular weight is 143 g/mol. The average Bonchev–Trinajstić information content (AvgIpc) is 1.88. The van der Waals surface area contributed by atoms with Crippen LogP contribution in [0.3, 0.4) is 0 Å². The van der Waals surface area contributed by atoms with Crippen molar-refractivity contribution in [2.75, 3.05) is 13.2 Å². The molecule has 1 rings (SSSR count). The van der Waals surface area contributed by atoms with Crippen LogP contribution in [-0.4, -0.2) is 30.1 Å². The van der Waals surface area contributed by atoms with Gasteiger partial charge in [-0.05, 0) is 6.42 Å². The predicted octanol–water partition coefficient (Wildman–Crippen LogP) is 0.375. The summed E-state index contributed by atoms with van der Waals surface area (Å²) in [5.74, 6) is -0.246. The minimum absolute atomic E-state index is 0.246. The number of rotatable bonds is 0. The van der Waals surface area contributed by atoms with Gasteiger partial charge in [-0.15, -0.1) is 0 Å². The van der Waals surface area contributed by atoms with Gasteiger partial charge in [-0.3, -0.25) is 4.79 Å². The van der Waals surface area contributed by atoms with Crippen LogP contribution in [0.1, 0.15) is 13.3 Å². The van der Waals surface area contributed by atoms with E-state index in [1.807, 2.05) is 0 Å². The molecule has 0 bridgehead atoms. The molecule has 0 saturated carbocycles. The highest BCUT2D eigenvalue weighted by Gasteiger charge is 2.22. The number of hydrogen-bond donors (Lipinski definition) is 0. The van der Waals surface area contributed by atoms with E-state index in [1.165, 1.54) is 6.92 Å². The van der Waals surface area contributed by atoms with Gasteiger partial charge < -0.3 is 4.74 Å². The fourth-order valence-electron chi connectivity index (χ4n) is 0.837. The molecule has 0 radical (unpaired) electrons. The van der Waals surface area contributed by atoms with E-state index in [0.717, 1.165) is 11.3 Å². The Morgan fingerprint density at radius 1 is 1.70 bits per heavy atom. The van der Waals surface area contributed by atoms with Crippen molar-refractivity contribution in [1.82, 2.24) is 4.90 Å². The Balaban J connectivity index is 2.56. The van der Waals surface area contributed by atoms with E-state index >= 15 is 0 Å². The largest absolute Gasteiger partial charge is 0.449 e. The molecule has 0 N–H and O–H groups in total. The quantitative estimate of drug-likeness (QED) is 0.492. The van der Waals surface area contributed by atoms with E-state index in [0.29, 0.717) is 13.2 Å². The number of imide groups is 1. The molecule has 2 amide bonds. The zero-order valence-electron chi connectivity index (χ0n) is 5.79. The highest BCUT2D eigenvalue weighted by atomic mass is 16.6. The van der Waals surface area contributed by atoms with E-state index in [-0.39, 0.29) is 5.91 Å². The molecule has 1 aliphatic heterocycles. The Hall–Kier alpha value is -1.06. The van der Waals surface area contributed by atoms with E-state index < -0.39 is 6.09 Å². The zero-order chi connectivity index (χ0) is 7.56.